The first kappa shape index (κ1) is 13.1. The third-order valence-electron chi connectivity index (χ3n) is 1.20. The summed E-state index contributed by atoms with van der Waals surface area (Å²) >= 11 is 0. The Morgan fingerprint density at radius 3 is 2.45 bits per heavy atom. The van der Waals surface area contributed by atoms with E-state index in [1.807, 2.05) is 6.92 Å². The van der Waals surface area contributed by atoms with Crippen LogP contribution in [0.4, 0.5) is 0 Å². The molecule has 11 heavy (non-hydrogen) atoms. The highest BCUT2D eigenvalue weighted by Gasteiger charge is 2.05. The molecule has 4 N–H and O–H groups in total. The number of hydrogen-bond donors (Lipinski definition) is 2. The van der Waals surface area contributed by atoms with Crippen molar-refractivity contribution in [1.82, 2.24) is 5.32 Å². The highest BCUT2D eigenvalue weighted by atomic mass is 35.5. The quantitative estimate of drug-likeness (QED) is 0.430. The summed E-state index contributed by atoms with van der Waals surface area (Å²) < 4.78 is 0. The normalized spacial score (nSPS) is 11.2. The van der Waals surface area contributed by atoms with E-state index in [1.165, 1.54) is 0 Å². The summed E-state index contributed by atoms with van der Waals surface area (Å²) in [5.74, 6) is -0.0869. The van der Waals surface area contributed by atoms with Crippen molar-refractivity contribution in [3.8, 4) is 0 Å². The van der Waals surface area contributed by atoms with Gasteiger partial charge in [-0.2, -0.15) is 0 Å². The monoisotopic (exact) mass is 178 g/mol. The fourth-order valence-electron chi connectivity index (χ4n) is 0.419. The van der Waals surface area contributed by atoms with E-state index >= 15 is 0 Å². The molecule has 1 atom stereocenters. The van der Waals surface area contributed by atoms with Crippen LogP contribution in [0.15, 0.2) is 12.2 Å². The first-order valence-corrected chi connectivity index (χ1v) is 3.33. The molecule has 66 valence electrons. The Morgan fingerprint density at radius 1 is 1.73 bits per heavy atom. The average molecular weight is 179 g/mol. The zero-order valence-electron chi connectivity index (χ0n) is 6.98. The fraction of sp³-hybridized carbons (Fsp3) is 0.571. The van der Waals surface area contributed by atoms with Crippen molar-refractivity contribution in [3.63, 3.8) is 0 Å². The van der Waals surface area contributed by atoms with E-state index in [0.29, 0.717) is 12.1 Å². The lowest BCUT2D eigenvalue weighted by molar-refractivity contribution is -0.371. The number of quaternary nitrogens is 1. The van der Waals surface area contributed by atoms with Crippen molar-refractivity contribution in [3.05, 3.63) is 12.2 Å². The number of hydrogen-bond acceptors (Lipinski definition) is 1. The number of carbonyl (C=O) groups is 1. The van der Waals surface area contributed by atoms with Gasteiger partial charge in [-0.25, -0.2) is 0 Å². The van der Waals surface area contributed by atoms with Crippen molar-refractivity contribution in [2.75, 3.05) is 6.54 Å². The summed E-state index contributed by atoms with van der Waals surface area (Å²) in [6.07, 6.45) is 0. The second-order valence-corrected chi connectivity index (χ2v) is 2.44. The van der Waals surface area contributed by atoms with Gasteiger partial charge in [0, 0.05) is 5.57 Å². The molecule has 0 aromatic carbocycles. The van der Waals surface area contributed by atoms with Gasteiger partial charge in [0.25, 0.3) is 0 Å². The number of amides is 1. The van der Waals surface area contributed by atoms with Gasteiger partial charge in [0.15, 0.2) is 0 Å². The Labute approximate surface area is 73.4 Å². The van der Waals surface area contributed by atoms with E-state index in [-0.39, 0.29) is 24.4 Å². The Bertz CT molecular complexity index is 147. The van der Waals surface area contributed by atoms with Gasteiger partial charge in [-0.3, -0.25) is 4.79 Å². The molecule has 4 heteroatoms. The Kier molecular flexibility index (Phi) is 7.36. The van der Waals surface area contributed by atoms with Crippen LogP contribution in [0.5, 0.6) is 0 Å². The van der Waals surface area contributed by atoms with Crippen molar-refractivity contribution < 1.29 is 22.9 Å². The predicted molar refractivity (Wildman–Crippen MR) is 40.2 cm³/mol. The predicted octanol–water partition coefficient (Wildman–Crippen LogP) is -3.69. The van der Waals surface area contributed by atoms with Crippen LogP contribution in [-0.2, 0) is 4.79 Å². The molecule has 0 saturated carbocycles. The van der Waals surface area contributed by atoms with E-state index in [0.717, 1.165) is 0 Å². The summed E-state index contributed by atoms with van der Waals surface area (Å²) in [6, 6.07) is 0.143. The van der Waals surface area contributed by atoms with E-state index in [2.05, 4.69) is 17.6 Å². The maximum Gasteiger partial charge on any atom is 0.246 e. The minimum absolute atomic E-state index is 0. The van der Waals surface area contributed by atoms with E-state index < -0.39 is 0 Å². The molecule has 0 radical (unpaired) electrons. The SMILES string of the molecule is C=C(C)C(=O)NC(C)C[NH3+].[Cl-]. The van der Waals surface area contributed by atoms with Gasteiger partial charge in [-0.1, -0.05) is 6.58 Å². The lowest BCUT2D eigenvalue weighted by atomic mass is 10.3. The van der Waals surface area contributed by atoms with Gasteiger partial charge >= 0.3 is 0 Å². The summed E-state index contributed by atoms with van der Waals surface area (Å²) in [4.78, 5) is 10.9. The van der Waals surface area contributed by atoms with Gasteiger partial charge in [0.2, 0.25) is 5.91 Å². The highest BCUT2D eigenvalue weighted by Crippen LogP contribution is 1.86. The number of carbonyl (C=O) groups excluding carboxylic acids is 1. The molecule has 1 unspecified atom stereocenters. The number of halogens is 1. The molecular weight excluding hydrogens is 164 g/mol. The third-order valence-corrected chi connectivity index (χ3v) is 1.20. The standard InChI is InChI=1S/C7H14N2O.ClH/c1-5(2)7(10)9-6(3)4-8;/h6H,1,4,8H2,2-3H3,(H,9,10);1H. The van der Waals surface area contributed by atoms with Crippen LogP contribution < -0.4 is 23.5 Å². The maximum atomic E-state index is 10.9. The second-order valence-electron chi connectivity index (χ2n) is 2.44. The van der Waals surface area contributed by atoms with Crippen LogP contribution in [-0.4, -0.2) is 18.5 Å². The van der Waals surface area contributed by atoms with Crippen molar-refractivity contribution in [1.29, 1.82) is 0 Å². The lowest BCUT2D eigenvalue weighted by Gasteiger charge is -2.08. The molecule has 0 aliphatic heterocycles. The largest absolute Gasteiger partial charge is 1.00 e. The van der Waals surface area contributed by atoms with E-state index in [1.54, 1.807) is 6.92 Å². The van der Waals surface area contributed by atoms with Gasteiger partial charge in [-0.15, -0.1) is 0 Å². The Balaban J connectivity index is 0. The van der Waals surface area contributed by atoms with Crippen LogP contribution in [0, 0.1) is 0 Å². The van der Waals surface area contributed by atoms with Crippen LogP contribution in [0.2, 0.25) is 0 Å². The Hall–Kier alpha value is -0.540. The molecule has 3 nitrogen and oxygen atoms in total. The Morgan fingerprint density at radius 2 is 2.18 bits per heavy atom. The van der Waals surface area contributed by atoms with Crippen LogP contribution in [0.3, 0.4) is 0 Å². The van der Waals surface area contributed by atoms with Gasteiger partial charge < -0.3 is 23.5 Å². The molecule has 1 amide bonds. The van der Waals surface area contributed by atoms with E-state index in [4.69, 9.17) is 0 Å². The third kappa shape index (κ3) is 5.88. The molecule has 0 heterocycles. The molecule has 0 aliphatic rings. The van der Waals surface area contributed by atoms with Gasteiger partial charge in [0.1, 0.15) is 0 Å². The minimum atomic E-state index is -0.0869. The molecule has 0 rings (SSSR count). The molecule has 0 spiro atoms. The molecule has 0 aliphatic carbocycles. The van der Waals surface area contributed by atoms with Crippen molar-refractivity contribution in [2.45, 2.75) is 19.9 Å². The van der Waals surface area contributed by atoms with Crippen LogP contribution >= 0.6 is 0 Å². The number of rotatable bonds is 3. The summed E-state index contributed by atoms with van der Waals surface area (Å²) in [6.45, 7) is 7.81. The zero-order valence-corrected chi connectivity index (χ0v) is 7.74. The van der Waals surface area contributed by atoms with Gasteiger partial charge in [-0.05, 0) is 13.8 Å². The molecule has 0 fully saturated rings. The first-order chi connectivity index (χ1) is 4.57. The molecule has 0 aromatic heterocycles. The number of nitrogens with one attached hydrogen (secondary N) is 1. The smallest absolute Gasteiger partial charge is 0.246 e. The summed E-state index contributed by atoms with van der Waals surface area (Å²) in [5.41, 5.74) is 4.20. The second kappa shape index (κ2) is 6.19. The lowest BCUT2D eigenvalue weighted by Crippen LogP contribution is -3.00. The topological polar surface area (TPSA) is 56.7 Å². The van der Waals surface area contributed by atoms with Crippen molar-refractivity contribution in [2.24, 2.45) is 0 Å². The maximum absolute atomic E-state index is 10.9. The average Bonchev–Trinajstić information content (AvgIpc) is 1.87. The molecular formula is C7H15ClN2O. The fourth-order valence-corrected chi connectivity index (χ4v) is 0.419. The van der Waals surface area contributed by atoms with Crippen molar-refractivity contribution >= 4 is 5.91 Å². The molecule has 0 bridgehead atoms. The summed E-state index contributed by atoms with van der Waals surface area (Å²) in [7, 11) is 0. The summed E-state index contributed by atoms with van der Waals surface area (Å²) in [5, 5.41) is 2.73. The molecule has 0 aromatic rings. The van der Waals surface area contributed by atoms with E-state index in [9.17, 15) is 4.79 Å². The first-order valence-electron chi connectivity index (χ1n) is 3.33. The van der Waals surface area contributed by atoms with Crippen LogP contribution in [0.25, 0.3) is 0 Å². The van der Waals surface area contributed by atoms with Crippen LogP contribution in [0.1, 0.15) is 13.8 Å². The highest BCUT2D eigenvalue weighted by molar-refractivity contribution is 5.92. The van der Waals surface area contributed by atoms with Gasteiger partial charge in [0.05, 0.1) is 12.6 Å². The zero-order chi connectivity index (χ0) is 8.15. The minimum Gasteiger partial charge on any atom is -1.00 e. The molecule has 0 saturated heterocycles.